The van der Waals surface area contributed by atoms with Crippen LogP contribution >= 0.6 is 11.6 Å². The van der Waals surface area contributed by atoms with Crippen LogP contribution in [-0.4, -0.2) is 29.8 Å². The van der Waals surface area contributed by atoms with Gasteiger partial charge in [0.15, 0.2) is 0 Å². The molecule has 7 nitrogen and oxygen atoms in total. The van der Waals surface area contributed by atoms with E-state index in [1.807, 2.05) is 0 Å². The topological polar surface area (TPSA) is 94.1 Å². The summed E-state index contributed by atoms with van der Waals surface area (Å²) < 4.78 is 16.5. The number of halogens is 1. The molecule has 2 N–H and O–H groups in total. The maximum absolute atomic E-state index is 12.8. The molecule has 5 rings (SSSR count). The smallest absolute Gasteiger partial charge is 0.493 e. The number of hydrogen-bond acceptors (Lipinski definition) is 5. The summed E-state index contributed by atoms with van der Waals surface area (Å²) in [6, 6.07) is 18.8. The van der Waals surface area contributed by atoms with Gasteiger partial charge in [-0.1, -0.05) is 41.4 Å². The molecule has 3 aromatic rings. The minimum absolute atomic E-state index is 0.105. The van der Waals surface area contributed by atoms with Crippen LogP contribution in [0.4, 0.5) is 4.79 Å². The van der Waals surface area contributed by atoms with Gasteiger partial charge < -0.3 is 24.6 Å². The fraction of sp³-hybridized carbons (Fsp3) is 0.310. The van der Waals surface area contributed by atoms with Crippen molar-refractivity contribution in [3.8, 4) is 17.2 Å². The van der Waals surface area contributed by atoms with E-state index in [9.17, 15) is 9.59 Å². The van der Waals surface area contributed by atoms with E-state index < -0.39 is 12.3 Å². The van der Waals surface area contributed by atoms with Gasteiger partial charge in [0.1, 0.15) is 23.4 Å². The van der Waals surface area contributed by atoms with Crippen molar-refractivity contribution in [2.75, 3.05) is 6.61 Å². The number of benzene rings is 3. The van der Waals surface area contributed by atoms with Crippen LogP contribution in [0.15, 0.2) is 60.7 Å². The lowest BCUT2D eigenvalue weighted by Crippen LogP contribution is -2.32. The Morgan fingerprint density at radius 2 is 1.86 bits per heavy atom. The molecule has 8 heteroatoms. The van der Waals surface area contributed by atoms with Crippen LogP contribution in [0, 0.1) is 6.92 Å². The van der Waals surface area contributed by atoms with Gasteiger partial charge in [-0.2, -0.15) is 0 Å². The van der Waals surface area contributed by atoms with E-state index in [0.717, 1.165) is 19.3 Å². The molecule has 3 unspecified atom stereocenters. The molecule has 1 amide bonds. The van der Waals surface area contributed by atoms with E-state index >= 15 is 0 Å². The number of carbonyl (C=O) groups is 2. The molecule has 0 spiro atoms. The average Bonchev–Trinajstić information content (AvgIpc) is 3.34. The first-order valence-corrected chi connectivity index (χ1v) is 12.7. The lowest BCUT2D eigenvalue weighted by atomic mass is 9.96. The van der Waals surface area contributed by atoms with Crippen LogP contribution in [0.2, 0.25) is 5.02 Å². The summed E-state index contributed by atoms with van der Waals surface area (Å²) in [7, 11) is 0. The Morgan fingerprint density at radius 1 is 1.05 bits per heavy atom. The number of aryl methyl sites for hydroxylation is 1. The van der Waals surface area contributed by atoms with E-state index in [0.29, 0.717) is 52.3 Å². The van der Waals surface area contributed by atoms with Gasteiger partial charge in [-0.15, -0.1) is 0 Å². The third-order valence-electron chi connectivity index (χ3n) is 6.92. The predicted octanol–water partition coefficient (Wildman–Crippen LogP) is 7.03. The van der Waals surface area contributed by atoms with Crippen molar-refractivity contribution in [2.24, 2.45) is 0 Å². The minimum atomic E-state index is -1.35. The van der Waals surface area contributed by atoms with Crippen molar-refractivity contribution >= 4 is 23.7 Å². The molecule has 0 radical (unpaired) electrons. The van der Waals surface area contributed by atoms with Crippen molar-refractivity contribution in [3.63, 3.8) is 0 Å². The summed E-state index contributed by atoms with van der Waals surface area (Å²) in [6.07, 6.45) is 1.38. The zero-order valence-corrected chi connectivity index (χ0v) is 21.2. The van der Waals surface area contributed by atoms with E-state index in [4.69, 9.17) is 30.9 Å². The highest BCUT2D eigenvalue weighted by molar-refractivity contribution is 6.32. The van der Waals surface area contributed by atoms with Crippen molar-refractivity contribution in [1.82, 2.24) is 5.32 Å². The first-order valence-electron chi connectivity index (χ1n) is 12.4. The Bertz CT molecular complexity index is 1310. The normalized spacial score (nSPS) is 20.4. The standard InChI is InChI=1S/C29H28ClNO6/c1-17-3-2-4-19(13-17)20-5-8-21(14-20)31-28(32)18-6-9-22(10-7-18)36-27-16-26-23(15-24(27)30)25(11-12-35-26)37-29(33)34/h2-4,6-7,9-10,13,15-16,20-21,25H,5,8,11-12,14H2,1H3,(H,31,32)(H,33,34). The molecule has 3 atom stereocenters. The van der Waals surface area contributed by atoms with Crippen molar-refractivity contribution in [2.45, 2.75) is 50.7 Å². The molecular weight excluding hydrogens is 494 g/mol. The molecule has 0 saturated heterocycles. The molecule has 1 aliphatic carbocycles. The molecule has 3 aromatic carbocycles. The van der Waals surface area contributed by atoms with Crippen LogP contribution in [0.3, 0.4) is 0 Å². The number of hydrogen-bond donors (Lipinski definition) is 2. The van der Waals surface area contributed by atoms with Gasteiger partial charge in [0.2, 0.25) is 0 Å². The Kier molecular flexibility index (Phi) is 7.24. The third kappa shape index (κ3) is 5.83. The van der Waals surface area contributed by atoms with Crippen LogP contribution < -0.4 is 14.8 Å². The summed E-state index contributed by atoms with van der Waals surface area (Å²) in [5, 5.41) is 12.4. The highest BCUT2D eigenvalue weighted by atomic mass is 35.5. The van der Waals surface area contributed by atoms with Crippen molar-refractivity contribution in [1.29, 1.82) is 0 Å². The highest BCUT2D eigenvalue weighted by Gasteiger charge is 2.28. The van der Waals surface area contributed by atoms with E-state index in [-0.39, 0.29) is 11.9 Å². The quantitative estimate of drug-likeness (QED) is 0.338. The molecule has 1 fully saturated rings. The molecular formula is C29H28ClNO6. The second kappa shape index (κ2) is 10.7. The molecule has 1 saturated carbocycles. The second-order valence-corrected chi connectivity index (χ2v) is 9.96. The Labute approximate surface area is 220 Å². The minimum Gasteiger partial charge on any atom is -0.493 e. The fourth-order valence-corrected chi connectivity index (χ4v) is 5.30. The number of fused-ring (bicyclic) bond motifs is 1. The van der Waals surface area contributed by atoms with Crippen LogP contribution in [0.25, 0.3) is 0 Å². The van der Waals surface area contributed by atoms with Gasteiger partial charge in [0.25, 0.3) is 5.91 Å². The number of amides is 1. The van der Waals surface area contributed by atoms with Gasteiger partial charge >= 0.3 is 6.16 Å². The van der Waals surface area contributed by atoms with Gasteiger partial charge in [-0.25, -0.2) is 4.79 Å². The first kappa shape index (κ1) is 25.0. The Hall–Kier alpha value is -3.71. The zero-order valence-electron chi connectivity index (χ0n) is 20.4. The number of ether oxygens (including phenoxy) is 3. The maximum atomic E-state index is 12.8. The Morgan fingerprint density at radius 3 is 2.62 bits per heavy atom. The van der Waals surface area contributed by atoms with E-state index in [2.05, 4.69) is 36.5 Å². The Balaban J connectivity index is 1.21. The summed E-state index contributed by atoms with van der Waals surface area (Å²) in [4.78, 5) is 23.8. The zero-order chi connectivity index (χ0) is 25.9. The van der Waals surface area contributed by atoms with Gasteiger partial charge in [-0.3, -0.25) is 4.79 Å². The number of nitrogens with one attached hydrogen (secondary N) is 1. The fourth-order valence-electron chi connectivity index (χ4n) is 5.09. The van der Waals surface area contributed by atoms with Crippen LogP contribution in [0.1, 0.15) is 64.8 Å². The largest absolute Gasteiger partial charge is 0.506 e. The lowest BCUT2D eigenvalue weighted by Gasteiger charge is -2.25. The number of carbonyl (C=O) groups excluding carboxylic acids is 1. The second-order valence-electron chi connectivity index (χ2n) is 9.55. The first-order chi connectivity index (χ1) is 17.9. The average molecular weight is 522 g/mol. The van der Waals surface area contributed by atoms with E-state index in [1.165, 1.54) is 11.1 Å². The van der Waals surface area contributed by atoms with Gasteiger partial charge in [0.05, 0.1) is 11.6 Å². The van der Waals surface area contributed by atoms with Crippen LogP contribution in [0.5, 0.6) is 17.2 Å². The summed E-state index contributed by atoms with van der Waals surface area (Å²) in [5.41, 5.74) is 3.72. The summed E-state index contributed by atoms with van der Waals surface area (Å²) >= 11 is 6.41. The van der Waals surface area contributed by atoms with Crippen LogP contribution in [-0.2, 0) is 4.74 Å². The lowest BCUT2D eigenvalue weighted by molar-refractivity contribution is 0.0326. The number of carboxylic acid groups (broad SMARTS) is 1. The number of rotatable bonds is 6. The molecule has 192 valence electrons. The summed E-state index contributed by atoms with van der Waals surface area (Å²) in [5.74, 6) is 1.70. The molecule has 2 aliphatic rings. The van der Waals surface area contributed by atoms with Crippen molar-refractivity contribution < 1.29 is 28.9 Å². The molecule has 0 aromatic heterocycles. The predicted molar refractivity (Wildman–Crippen MR) is 139 cm³/mol. The molecule has 1 heterocycles. The van der Waals surface area contributed by atoms with Gasteiger partial charge in [-0.05, 0) is 68.0 Å². The monoisotopic (exact) mass is 521 g/mol. The van der Waals surface area contributed by atoms with Crippen molar-refractivity contribution in [3.05, 3.63) is 87.9 Å². The SMILES string of the molecule is Cc1cccc(C2CCC(NC(=O)c3ccc(Oc4cc5c(cc4Cl)C(OC(=O)O)CCO5)cc3)C2)c1. The molecule has 1 aliphatic heterocycles. The van der Waals surface area contributed by atoms with Gasteiger partial charge in [0, 0.05) is 29.7 Å². The molecule has 0 bridgehead atoms. The maximum Gasteiger partial charge on any atom is 0.506 e. The molecule has 37 heavy (non-hydrogen) atoms. The highest BCUT2D eigenvalue weighted by Crippen LogP contribution is 2.42. The summed E-state index contributed by atoms with van der Waals surface area (Å²) in [6.45, 7) is 2.42. The van der Waals surface area contributed by atoms with E-state index in [1.54, 1.807) is 36.4 Å². The third-order valence-corrected chi connectivity index (χ3v) is 7.21.